The Labute approximate surface area is 170 Å². The first kappa shape index (κ1) is 22.0. The van der Waals surface area contributed by atoms with Crippen molar-refractivity contribution in [1.29, 1.82) is 0 Å². The molecule has 5 heteroatoms. The van der Waals surface area contributed by atoms with E-state index in [0.717, 1.165) is 18.1 Å². The first-order chi connectivity index (χ1) is 13.1. The van der Waals surface area contributed by atoms with E-state index in [9.17, 15) is 0 Å². The van der Waals surface area contributed by atoms with Crippen molar-refractivity contribution >= 4 is 7.87 Å². The molecule has 0 unspecified atom stereocenters. The molecule has 0 aromatic rings. The van der Waals surface area contributed by atoms with Gasteiger partial charge in [0.2, 0.25) is 0 Å². The molecule has 27 heavy (non-hydrogen) atoms. The van der Waals surface area contributed by atoms with E-state index in [4.69, 9.17) is 0 Å². The molecule has 0 bridgehead atoms. The van der Waals surface area contributed by atoms with E-state index in [1.54, 1.807) is 0 Å². The largest absolute Gasteiger partial charge is 0.305 e. The molecule has 0 saturated heterocycles. The van der Waals surface area contributed by atoms with Crippen molar-refractivity contribution in [1.82, 2.24) is 19.1 Å². The lowest BCUT2D eigenvalue weighted by Gasteiger charge is -2.50. The Morgan fingerprint density at radius 1 is 0.519 bits per heavy atom. The van der Waals surface area contributed by atoms with Crippen LogP contribution in [-0.4, -0.2) is 60.3 Å². The molecule has 0 aliphatic heterocycles. The highest BCUT2D eigenvalue weighted by molar-refractivity contribution is 7.67. The van der Waals surface area contributed by atoms with E-state index in [2.05, 4.69) is 47.3 Å². The average Bonchev–Trinajstić information content (AvgIpc) is 2.76. The molecule has 1 N–H and O–H groups in total. The predicted octanol–water partition coefficient (Wildman–Crippen LogP) is 5.68. The summed E-state index contributed by atoms with van der Waals surface area (Å²) in [5.41, 5.74) is 0. The Kier molecular flexibility index (Phi) is 8.42. The standard InChI is InChI=1S/C22H46N4P/c1-23-27(24(2)20-14-8-5-9-15-20,25(3)21-16-10-6-11-17-21)26(4)22-18-12-7-13-19-22/h20-23H,5-19H2,1-4H3/q+1. The highest BCUT2D eigenvalue weighted by Crippen LogP contribution is 2.66. The van der Waals surface area contributed by atoms with E-state index in [1.807, 2.05) is 0 Å². The lowest BCUT2D eigenvalue weighted by molar-refractivity contribution is 0.192. The molecule has 0 spiro atoms. The maximum absolute atomic E-state index is 4.00. The zero-order valence-corrected chi connectivity index (χ0v) is 19.5. The van der Waals surface area contributed by atoms with Crippen molar-refractivity contribution in [3.63, 3.8) is 0 Å². The third kappa shape index (κ3) is 4.72. The average molecular weight is 398 g/mol. The van der Waals surface area contributed by atoms with Crippen LogP contribution in [0.4, 0.5) is 0 Å². The van der Waals surface area contributed by atoms with E-state index < -0.39 is 7.87 Å². The highest BCUT2D eigenvalue weighted by atomic mass is 31.2. The summed E-state index contributed by atoms with van der Waals surface area (Å²) in [4.78, 5) is 0. The van der Waals surface area contributed by atoms with Gasteiger partial charge in [0.15, 0.2) is 0 Å². The lowest BCUT2D eigenvalue weighted by atomic mass is 9.96. The summed E-state index contributed by atoms with van der Waals surface area (Å²) in [6.45, 7) is 0. The summed E-state index contributed by atoms with van der Waals surface area (Å²) in [6, 6.07) is 2.24. The summed E-state index contributed by atoms with van der Waals surface area (Å²) in [5.74, 6) is 0. The van der Waals surface area contributed by atoms with Gasteiger partial charge in [0.05, 0.1) is 0 Å². The molecule has 3 saturated carbocycles. The Balaban J connectivity index is 1.88. The number of rotatable bonds is 7. The zero-order valence-electron chi connectivity index (χ0n) is 18.6. The van der Waals surface area contributed by atoms with Crippen LogP contribution in [0.25, 0.3) is 0 Å². The molecule has 3 rings (SSSR count). The SMILES string of the molecule is CN[P+](N(C)C1CCCCC1)(N(C)C1CCCCC1)N(C)C1CCCCC1. The van der Waals surface area contributed by atoms with Gasteiger partial charge in [-0.3, -0.25) is 0 Å². The molecule has 4 nitrogen and oxygen atoms in total. The monoisotopic (exact) mass is 397 g/mol. The van der Waals surface area contributed by atoms with Gasteiger partial charge in [0, 0.05) is 46.3 Å². The van der Waals surface area contributed by atoms with Gasteiger partial charge >= 0.3 is 7.87 Å². The number of hydrogen-bond acceptors (Lipinski definition) is 4. The van der Waals surface area contributed by atoms with Crippen molar-refractivity contribution in [2.24, 2.45) is 0 Å². The Bertz CT molecular complexity index is 368. The summed E-state index contributed by atoms with van der Waals surface area (Å²) < 4.78 is 8.53. The van der Waals surface area contributed by atoms with Crippen molar-refractivity contribution in [3.05, 3.63) is 0 Å². The summed E-state index contributed by atoms with van der Waals surface area (Å²) in [5, 5.41) is 4.00. The molecule has 3 aliphatic carbocycles. The minimum Gasteiger partial charge on any atom is -0.149 e. The fourth-order valence-electron chi connectivity index (χ4n) is 6.19. The van der Waals surface area contributed by atoms with Crippen molar-refractivity contribution in [2.75, 3.05) is 28.2 Å². The molecule has 3 aliphatic rings. The van der Waals surface area contributed by atoms with Gasteiger partial charge in [-0.05, 0) is 38.5 Å². The van der Waals surface area contributed by atoms with Crippen LogP contribution in [0.3, 0.4) is 0 Å². The second-order valence-electron chi connectivity index (χ2n) is 9.39. The second kappa shape index (κ2) is 10.3. The van der Waals surface area contributed by atoms with Crippen LogP contribution in [0.15, 0.2) is 0 Å². The van der Waals surface area contributed by atoms with Crippen molar-refractivity contribution in [3.8, 4) is 0 Å². The second-order valence-corrected chi connectivity index (χ2v) is 12.9. The van der Waals surface area contributed by atoms with E-state index in [0.29, 0.717) is 0 Å². The number of nitrogens with zero attached hydrogens (tertiary/aromatic N) is 3. The van der Waals surface area contributed by atoms with Crippen LogP contribution in [0.5, 0.6) is 0 Å². The fraction of sp³-hybridized carbons (Fsp3) is 1.00. The van der Waals surface area contributed by atoms with Gasteiger partial charge in [-0.2, -0.15) is 0 Å². The van der Waals surface area contributed by atoms with Crippen LogP contribution in [-0.2, 0) is 0 Å². The molecule has 0 radical (unpaired) electrons. The first-order valence-electron chi connectivity index (χ1n) is 11.9. The number of nitrogens with one attached hydrogen (secondary N) is 1. The minimum atomic E-state index is -1.71. The quantitative estimate of drug-likeness (QED) is 0.558. The van der Waals surface area contributed by atoms with E-state index >= 15 is 0 Å². The Morgan fingerprint density at radius 2 is 0.778 bits per heavy atom. The van der Waals surface area contributed by atoms with Crippen LogP contribution in [0.2, 0.25) is 0 Å². The smallest absolute Gasteiger partial charge is 0.149 e. The Morgan fingerprint density at radius 3 is 1.00 bits per heavy atom. The number of hydrogen-bond donors (Lipinski definition) is 1. The highest BCUT2D eigenvalue weighted by Gasteiger charge is 2.57. The van der Waals surface area contributed by atoms with Gasteiger partial charge in [0.1, 0.15) is 0 Å². The Hall–Kier alpha value is 0.270. The van der Waals surface area contributed by atoms with Gasteiger partial charge < -0.3 is 0 Å². The maximum Gasteiger partial charge on any atom is 0.305 e. The zero-order chi connectivity index (χ0) is 19.3. The van der Waals surface area contributed by atoms with Gasteiger partial charge in [-0.15, -0.1) is 19.1 Å². The molecule has 0 heterocycles. The van der Waals surface area contributed by atoms with Crippen molar-refractivity contribution < 1.29 is 0 Å². The molecule has 0 atom stereocenters. The normalized spacial score (nSPS) is 25.0. The molecular formula is C22H46N4P+. The maximum atomic E-state index is 4.00. The van der Waals surface area contributed by atoms with Gasteiger partial charge in [-0.1, -0.05) is 57.8 Å². The third-order valence-corrected chi connectivity index (χ3v) is 12.1. The molecule has 158 valence electrons. The van der Waals surface area contributed by atoms with Gasteiger partial charge in [0.25, 0.3) is 0 Å². The van der Waals surface area contributed by atoms with Crippen LogP contribution in [0, 0.1) is 0 Å². The minimum absolute atomic E-state index is 0.747. The third-order valence-electron chi connectivity index (χ3n) is 7.93. The van der Waals surface area contributed by atoms with Crippen LogP contribution < -0.4 is 5.09 Å². The van der Waals surface area contributed by atoms with Gasteiger partial charge in [-0.25, -0.2) is 0 Å². The molecule has 3 fully saturated rings. The molecule has 0 amide bonds. The first-order valence-corrected chi connectivity index (χ1v) is 13.5. The van der Waals surface area contributed by atoms with E-state index in [-0.39, 0.29) is 0 Å². The fourth-order valence-corrected chi connectivity index (χ4v) is 10.5. The van der Waals surface area contributed by atoms with E-state index in [1.165, 1.54) is 96.3 Å². The van der Waals surface area contributed by atoms with Crippen LogP contribution in [0.1, 0.15) is 96.3 Å². The summed E-state index contributed by atoms with van der Waals surface area (Å²) >= 11 is 0. The predicted molar refractivity (Wildman–Crippen MR) is 120 cm³/mol. The topological polar surface area (TPSA) is 21.8 Å². The van der Waals surface area contributed by atoms with Crippen LogP contribution >= 0.6 is 7.87 Å². The lowest BCUT2D eigenvalue weighted by Crippen LogP contribution is -2.55. The van der Waals surface area contributed by atoms with Crippen molar-refractivity contribution in [2.45, 2.75) is 114 Å². The summed E-state index contributed by atoms with van der Waals surface area (Å²) in [6.07, 6.45) is 21.1. The molecule has 0 aromatic heterocycles. The molecular weight excluding hydrogens is 351 g/mol. The summed E-state index contributed by atoms with van der Waals surface area (Å²) in [7, 11) is 7.92. The molecule has 0 aromatic carbocycles.